The third kappa shape index (κ3) is 3.66. The van der Waals surface area contributed by atoms with Gasteiger partial charge in [0.1, 0.15) is 5.82 Å². The van der Waals surface area contributed by atoms with Crippen molar-refractivity contribution in [2.45, 2.75) is 24.0 Å². The molecule has 0 radical (unpaired) electrons. The lowest BCUT2D eigenvalue weighted by Crippen LogP contribution is -2.46. The Kier molecular flexibility index (Phi) is 4.72. The molecule has 2 amide bonds. The van der Waals surface area contributed by atoms with Gasteiger partial charge in [0.25, 0.3) is 0 Å². The first kappa shape index (κ1) is 15.6. The molecule has 0 aromatic heterocycles. The van der Waals surface area contributed by atoms with E-state index in [1.807, 2.05) is 6.26 Å². The minimum atomic E-state index is -1.21. The number of benzene rings is 1. The van der Waals surface area contributed by atoms with Crippen LogP contribution < -0.4 is 10.6 Å². The summed E-state index contributed by atoms with van der Waals surface area (Å²) in [7, 11) is 0. The highest BCUT2D eigenvalue weighted by molar-refractivity contribution is 8.00. The fraction of sp³-hybridized carbons (Fsp3) is 0.429. The summed E-state index contributed by atoms with van der Waals surface area (Å²) in [4.78, 5) is 22.5. The monoisotopic (exact) mass is 312 g/mol. The van der Waals surface area contributed by atoms with Crippen LogP contribution >= 0.6 is 11.8 Å². The summed E-state index contributed by atoms with van der Waals surface area (Å²) >= 11 is 1.73. The summed E-state index contributed by atoms with van der Waals surface area (Å²) in [5.41, 5.74) is -0.196. The number of amides is 2. The van der Waals surface area contributed by atoms with Gasteiger partial charge < -0.3 is 15.7 Å². The number of carbonyl (C=O) groups excluding carboxylic acids is 1. The van der Waals surface area contributed by atoms with Crippen molar-refractivity contribution in [2.75, 3.05) is 18.1 Å². The van der Waals surface area contributed by atoms with Crippen molar-refractivity contribution >= 4 is 29.4 Å². The summed E-state index contributed by atoms with van der Waals surface area (Å²) in [5.74, 6) is -1.98. The standard InChI is InChI=1S/C14H17FN2O3S/c1-21-14(5-2-6-14)8-16-13(20)17-11-4-3-9(12(18)19)7-10(11)15/h3-4,7H,2,5-6,8H2,1H3,(H,18,19)(H2,16,17,20). The van der Waals surface area contributed by atoms with Gasteiger partial charge in [0.05, 0.1) is 11.3 Å². The molecule has 0 unspecified atom stereocenters. The Labute approximate surface area is 126 Å². The highest BCUT2D eigenvalue weighted by Crippen LogP contribution is 2.42. The van der Waals surface area contributed by atoms with Crippen molar-refractivity contribution in [1.29, 1.82) is 0 Å². The second-order valence-electron chi connectivity index (χ2n) is 5.05. The van der Waals surface area contributed by atoms with Gasteiger partial charge in [0.15, 0.2) is 0 Å². The molecule has 1 aliphatic carbocycles. The van der Waals surface area contributed by atoms with E-state index in [2.05, 4.69) is 10.6 Å². The largest absolute Gasteiger partial charge is 0.478 e. The van der Waals surface area contributed by atoms with Gasteiger partial charge in [-0.05, 0) is 37.3 Å². The molecule has 3 N–H and O–H groups in total. The van der Waals surface area contributed by atoms with Crippen molar-refractivity contribution in [2.24, 2.45) is 0 Å². The van der Waals surface area contributed by atoms with Gasteiger partial charge in [-0.25, -0.2) is 14.0 Å². The van der Waals surface area contributed by atoms with Crippen LogP contribution in [0.4, 0.5) is 14.9 Å². The zero-order chi connectivity index (χ0) is 15.5. The number of carboxylic acid groups (broad SMARTS) is 1. The molecule has 0 spiro atoms. The first-order valence-corrected chi connectivity index (χ1v) is 7.81. The molecule has 0 atom stereocenters. The number of thioether (sulfide) groups is 1. The van der Waals surface area contributed by atoms with Crippen molar-refractivity contribution in [3.05, 3.63) is 29.6 Å². The quantitative estimate of drug-likeness (QED) is 0.781. The molecule has 1 saturated carbocycles. The van der Waals surface area contributed by atoms with E-state index < -0.39 is 17.8 Å². The van der Waals surface area contributed by atoms with Crippen LogP contribution in [0, 0.1) is 5.82 Å². The number of aromatic carboxylic acids is 1. The van der Waals surface area contributed by atoms with E-state index in [1.165, 1.54) is 12.1 Å². The van der Waals surface area contributed by atoms with Gasteiger partial charge in [-0.3, -0.25) is 0 Å². The van der Waals surface area contributed by atoms with E-state index in [1.54, 1.807) is 11.8 Å². The molecule has 7 heteroatoms. The molecular formula is C14H17FN2O3S. The highest BCUT2D eigenvalue weighted by Gasteiger charge is 2.36. The Bertz CT molecular complexity index is 556. The van der Waals surface area contributed by atoms with Gasteiger partial charge in [0.2, 0.25) is 0 Å². The summed E-state index contributed by atoms with van der Waals surface area (Å²) < 4.78 is 13.8. The van der Waals surface area contributed by atoms with Gasteiger partial charge in [-0.1, -0.05) is 6.42 Å². The fourth-order valence-electron chi connectivity index (χ4n) is 2.18. The molecule has 1 aliphatic rings. The highest BCUT2D eigenvalue weighted by atomic mass is 32.2. The molecule has 21 heavy (non-hydrogen) atoms. The predicted molar refractivity (Wildman–Crippen MR) is 80.5 cm³/mol. The maximum absolute atomic E-state index is 13.7. The number of hydrogen-bond acceptors (Lipinski definition) is 3. The number of halogens is 1. The molecule has 1 aromatic rings. The number of nitrogens with one attached hydrogen (secondary N) is 2. The second kappa shape index (κ2) is 6.34. The molecule has 5 nitrogen and oxygen atoms in total. The topological polar surface area (TPSA) is 78.4 Å². The number of carbonyl (C=O) groups is 2. The number of hydrogen-bond donors (Lipinski definition) is 3. The number of carboxylic acids is 1. The summed E-state index contributed by atoms with van der Waals surface area (Å²) in [5, 5.41) is 13.9. The average molecular weight is 312 g/mol. The Balaban J connectivity index is 1.92. The minimum Gasteiger partial charge on any atom is -0.478 e. The lowest BCUT2D eigenvalue weighted by atomic mass is 9.84. The van der Waals surface area contributed by atoms with Crippen LogP contribution in [-0.4, -0.2) is 34.7 Å². The molecular weight excluding hydrogens is 295 g/mol. The average Bonchev–Trinajstić information content (AvgIpc) is 2.40. The summed E-state index contributed by atoms with van der Waals surface area (Å²) in [6, 6.07) is 2.88. The zero-order valence-corrected chi connectivity index (χ0v) is 12.4. The van der Waals surface area contributed by atoms with E-state index in [4.69, 9.17) is 5.11 Å². The van der Waals surface area contributed by atoms with Crippen LogP contribution in [0.3, 0.4) is 0 Å². The Morgan fingerprint density at radius 3 is 2.62 bits per heavy atom. The third-order valence-electron chi connectivity index (χ3n) is 3.73. The Hall–Kier alpha value is -1.76. The lowest BCUT2D eigenvalue weighted by Gasteiger charge is -2.40. The second-order valence-corrected chi connectivity index (χ2v) is 6.32. The van der Waals surface area contributed by atoms with Gasteiger partial charge in [-0.15, -0.1) is 0 Å². The van der Waals surface area contributed by atoms with E-state index >= 15 is 0 Å². The van der Waals surface area contributed by atoms with E-state index in [-0.39, 0.29) is 16.0 Å². The molecule has 2 rings (SSSR count). The maximum atomic E-state index is 13.7. The van der Waals surface area contributed by atoms with Gasteiger partial charge in [0, 0.05) is 11.3 Å². The third-order valence-corrected chi connectivity index (χ3v) is 5.15. The Morgan fingerprint density at radius 1 is 1.43 bits per heavy atom. The van der Waals surface area contributed by atoms with Gasteiger partial charge >= 0.3 is 12.0 Å². The number of anilines is 1. The smallest absolute Gasteiger partial charge is 0.335 e. The fourth-order valence-corrected chi connectivity index (χ4v) is 3.09. The van der Waals surface area contributed by atoms with E-state index in [9.17, 15) is 14.0 Å². The molecule has 0 saturated heterocycles. The zero-order valence-electron chi connectivity index (χ0n) is 11.6. The van der Waals surface area contributed by atoms with Crippen LogP contribution in [0.5, 0.6) is 0 Å². The SMILES string of the molecule is CSC1(CNC(=O)Nc2ccc(C(=O)O)cc2F)CCC1. The molecule has 114 valence electrons. The van der Waals surface area contributed by atoms with Crippen molar-refractivity contribution in [1.82, 2.24) is 5.32 Å². The first-order valence-electron chi connectivity index (χ1n) is 6.59. The normalized spacial score (nSPS) is 15.9. The van der Waals surface area contributed by atoms with Crippen LogP contribution in [0.1, 0.15) is 29.6 Å². The van der Waals surface area contributed by atoms with E-state index in [0.717, 1.165) is 25.3 Å². The molecule has 0 heterocycles. The molecule has 0 aliphatic heterocycles. The first-order chi connectivity index (χ1) is 9.96. The summed E-state index contributed by atoms with van der Waals surface area (Å²) in [6.45, 7) is 0.537. The van der Waals surface area contributed by atoms with Gasteiger partial charge in [-0.2, -0.15) is 11.8 Å². The predicted octanol–water partition coefficient (Wildman–Crippen LogP) is 2.93. The summed E-state index contributed by atoms with van der Waals surface area (Å²) in [6.07, 6.45) is 5.31. The van der Waals surface area contributed by atoms with Crippen molar-refractivity contribution in [3.8, 4) is 0 Å². The van der Waals surface area contributed by atoms with Crippen molar-refractivity contribution in [3.63, 3.8) is 0 Å². The van der Waals surface area contributed by atoms with Crippen LogP contribution in [0.25, 0.3) is 0 Å². The van der Waals surface area contributed by atoms with Crippen LogP contribution in [0.2, 0.25) is 0 Å². The molecule has 0 bridgehead atoms. The Morgan fingerprint density at radius 2 is 2.14 bits per heavy atom. The maximum Gasteiger partial charge on any atom is 0.335 e. The minimum absolute atomic E-state index is 0.0377. The molecule has 1 aromatic carbocycles. The molecule has 1 fully saturated rings. The van der Waals surface area contributed by atoms with E-state index in [0.29, 0.717) is 6.54 Å². The number of rotatable bonds is 5. The number of urea groups is 1. The van der Waals surface area contributed by atoms with Crippen LogP contribution in [-0.2, 0) is 0 Å². The van der Waals surface area contributed by atoms with Crippen LogP contribution in [0.15, 0.2) is 18.2 Å². The lowest BCUT2D eigenvalue weighted by molar-refractivity contribution is 0.0696. The van der Waals surface area contributed by atoms with Crippen molar-refractivity contribution < 1.29 is 19.1 Å².